The number of hydrogen-bond donors (Lipinski definition) is 0. The Bertz CT molecular complexity index is 337. The molecule has 2 nitrogen and oxygen atoms in total. The van der Waals surface area contributed by atoms with Crippen molar-refractivity contribution < 1.29 is 9.22 Å². The third kappa shape index (κ3) is 5.61. The van der Waals surface area contributed by atoms with Gasteiger partial charge < -0.3 is 4.43 Å². The molecule has 0 heterocycles. The third-order valence-corrected chi connectivity index (χ3v) is 8.99. The molecule has 110 valence electrons. The molecule has 0 spiro atoms. The minimum absolute atomic E-state index is 0.297. The van der Waals surface area contributed by atoms with Crippen LogP contribution in [0.15, 0.2) is 11.6 Å². The molecular formula is C16H30O2Si. The summed E-state index contributed by atoms with van der Waals surface area (Å²) in [5.41, 5.74) is 1.35. The van der Waals surface area contributed by atoms with Crippen molar-refractivity contribution in [3.05, 3.63) is 11.6 Å². The smallest absolute Gasteiger partial charge is 0.191 e. The fraction of sp³-hybridized carbons (Fsp3) is 0.812. The van der Waals surface area contributed by atoms with Gasteiger partial charge in [-0.2, -0.15) is 0 Å². The normalized spacial score (nSPS) is 17.5. The zero-order chi connectivity index (χ0) is 14.5. The quantitative estimate of drug-likeness (QED) is 0.514. The molecule has 0 bridgehead atoms. The molecule has 1 aliphatic carbocycles. The van der Waals surface area contributed by atoms with Crippen LogP contribution in [0.5, 0.6) is 0 Å². The highest BCUT2D eigenvalue weighted by atomic mass is 28.4. The predicted octanol–water partition coefficient (Wildman–Crippen LogP) is 4.86. The van der Waals surface area contributed by atoms with E-state index in [0.29, 0.717) is 10.8 Å². The first-order valence-electron chi connectivity index (χ1n) is 7.58. The Labute approximate surface area is 119 Å². The minimum atomic E-state index is -1.57. The van der Waals surface area contributed by atoms with Gasteiger partial charge in [0.1, 0.15) is 0 Å². The maximum atomic E-state index is 11.3. The Morgan fingerprint density at radius 2 is 1.89 bits per heavy atom. The van der Waals surface area contributed by atoms with E-state index in [0.717, 1.165) is 45.1 Å². The lowest BCUT2D eigenvalue weighted by molar-refractivity contribution is -0.115. The average Bonchev–Trinajstić information content (AvgIpc) is 2.27. The molecule has 0 aromatic heterocycles. The number of unbranched alkanes of at least 4 members (excludes halogenated alkanes) is 1. The molecule has 0 aromatic carbocycles. The Morgan fingerprint density at radius 3 is 2.47 bits per heavy atom. The van der Waals surface area contributed by atoms with E-state index in [1.807, 2.05) is 6.08 Å². The van der Waals surface area contributed by atoms with Gasteiger partial charge in [-0.1, -0.05) is 26.3 Å². The summed E-state index contributed by atoms with van der Waals surface area (Å²) in [5, 5.41) is 0.297. The van der Waals surface area contributed by atoms with Gasteiger partial charge in [0.15, 0.2) is 14.1 Å². The van der Waals surface area contributed by atoms with Gasteiger partial charge in [0.25, 0.3) is 0 Å². The van der Waals surface area contributed by atoms with Crippen molar-refractivity contribution in [1.29, 1.82) is 0 Å². The van der Waals surface area contributed by atoms with E-state index in [1.54, 1.807) is 0 Å². The summed E-state index contributed by atoms with van der Waals surface area (Å²) in [6.45, 7) is 12.3. The van der Waals surface area contributed by atoms with Crippen molar-refractivity contribution in [3.8, 4) is 0 Å². The zero-order valence-electron chi connectivity index (χ0n) is 13.3. The third-order valence-electron chi connectivity index (χ3n) is 4.45. The highest BCUT2D eigenvalue weighted by molar-refractivity contribution is 6.74. The van der Waals surface area contributed by atoms with E-state index < -0.39 is 8.32 Å². The van der Waals surface area contributed by atoms with Gasteiger partial charge in [0.05, 0.1) is 0 Å². The molecule has 3 heteroatoms. The molecule has 19 heavy (non-hydrogen) atoms. The lowest BCUT2D eigenvalue weighted by Gasteiger charge is -2.36. The van der Waals surface area contributed by atoms with Crippen molar-refractivity contribution in [3.63, 3.8) is 0 Å². The molecule has 0 atom stereocenters. The summed E-state index contributed by atoms with van der Waals surface area (Å²) < 4.78 is 6.16. The lowest BCUT2D eigenvalue weighted by Crippen LogP contribution is -2.40. The van der Waals surface area contributed by atoms with E-state index >= 15 is 0 Å². The molecule has 0 amide bonds. The van der Waals surface area contributed by atoms with Crippen LogP contribution in [0.25, 0.3) is 0 Å². The summed E-state index contributed by atoms with van der Waals surface area (Å²) in [5.74, 6) is 0.318. The van der Waals surface area contributed by atoms with Gasteiger partial charge >= 0.3 is 0 Å². The molecule has 0 unspecified atom stereocenters. The van der Waals surface area contributed by atoms with E-state index in [1.165, 1.54) is 5.57 Å². The summed E-state index contributed by atoms with van der Waals surface area (Å²) in [7, 11) is -1.57. The molecule has 1 rings (SSSR count). The van der Waals surface area contributed by atoms with Gasteiger partial charge in [-0.3, -0.25) is 4.79 Å². The van der Waals surface area contributed by atoms with E-state index in [2.05, 4.69) is 33.9 Å². The topological polar surface area (TPSA) is 26.3 Å². The first-order valence-corrected chi connectivity index (χ1v) is 10.5. The van der Waals surface area contributed by atoms with Crippen molar-refractivity contribution in [1.82, 2.24) is 0 Å². The monoisotopic (exact) mass is 282 g/mol. The Balaban J connectivity index is 2.20. The SMILES string of the molecule is CC(C)(C)[Si](C)(C)OCCCCC1=CC(=O)CCC1. The fourth-order valence-corrected chi connectivity index (χ4v) is 3.14. The standard InChI is InChI=1S/C16H30O2Si/c1-16(2,3)19(4,5)18-12-7-6-9-14-10-8-11-15(17)13-14/h13H,6-12H2,1-5H3. The molecule has 0 saturated carbocycles. The van der Waals surface area contributed by atoms with Crippen LogP contribution in [0.4, 0.5) is 0 Å². The van der Waals surface area contributed by atoms with Crippen LogP contribution in [-0.2, 0) is 9.22 Å². The second-order valence-electron chi connectivity index (χ2n) is 7.19. The minimum Gasteiger partial charge on any atom is -0.417 e. The maximum Gasteiger partial charge on any atom is 0.191 e. The highest BCUT2D eigenvalue weighted by Crippen LogP contribution is 2.36. The van der Waals surface area contributed by atoms with Crippen LogP contribution in [0.3, 0.4) is 0 Å². The van der Waals surface area contributed by atoms with E-state index in [4.69, 9.17) is 4.43 Å². The number of hydrogen-bond acceptors (Lipinski definition) is 2. The molecule has 0 aliphatic heterocycles. The van der Waals surface area contributed by atoms with Gasteiger partial charge in [-0.05, 0) is 56.3 Å². The summed E-state index contributed by atoms with van der Waals surface area (Å²) in [6, 6.07) is 0. The van der Waals surface area contributed by atoms with Gasteiger partial charge in [0.2, 0.25) is 0 Å². The molecule has 0 saturated heterocycles. The molecule has 0 radical (unpaired) electrons. The largest absolute Gasteiger partial charge is 0.417 e. The molecule has 1 aliphatic rings. The predicted molar refractivity (Wildman–Crippen MR) is 83.9 cm³/mol. The summed E-state index contributed by atoms with van der Waals surface area (Å²) in [4.78, 5) is 11.3. The number of carbonyl (C=O) groups excluding carboxylic acids is 1. The molecular weight excluding hydrogens is 252 g/mol. The van der Waals surface area contributed by atoms with Crippen molar-refractivity contribution in [2.45, 2.75) is 77.4 Å². The van der Waals surface area contributed by atoms with Crippen LogP contribution >= 0.6 is 0 Å². The second-order valence-corrected chi connectivity index (χ2v) is 12.0. The number of ketones is 1. The summed E-state index contributed by atoms with van der Waals surface area (Å²) >= 11 is 0. The van der Waals surface area contributed by atoms with E-state index in [9.17, 15) is 4.79 Å². The van der Waals surface area contributed by atoms with Crippen molar-refractivity contribution in [2.75, 3.05) is 6.61 Å². The number of rotatable bonds is 6. The Kier molecular flexibility index (Phi) is 6.00. The van der Waals surface area contributed by atoms with E-state index in [-0.39, 0.29) is 0 Å². The lowest BCUT2D eigenvalue weighted by atomic mass is 9.95. The first kappa shape index (κ1) is 16.6. The van der Waals surface area contributed by atoms with Crippen molar-refractivity contribution in [2.24, 2.45) is 0 Å². The van der Waals surface area contributed by atoms with Crippen LogP contribution in [0, 0.1) is 0 Å². The molecule has 0 aromatic rings. The van der Waals surface area contributed by atoms with Crippen molar-refractivity contribution >= 4 is 14.1 Å². The van der Waals surface area contributed by atoms with Crippen LogP contribution in [0.2, 0.25) is 18.1 Å². The fourth-order valence-electron chi connectivity index (χ4n) is 2.06. The van der Waals surface area contributed by atoms with Gasteiger partial charge in [-0.15, -0.1) is 0 Å². The molecule has 0 fully saturated rings. The number of allylic oxidation sites excluding steroid dienone is 2. The average molecular weight is 282 g/mol. The second kappa shape index (κ2) is 6.85. The zero-order valence-corrected chi connectivity index (χ0v) is 14.3. The van der Waals surface area contributed by atoms with Gasteiger partial charge in [0, 0.05) is 13.0 Å². The number of carbonyl (C=O) groups is 1. The maximum absolute atomic E-state index is 11.3. The molecule has 0 N–H and O–H groups in total. The highest BCUT2D eigenvalue weighted by Gasteiger charge is 2.36. The van der Waals surface area contributed by atoms with Crippen LogP contribution in [-0.4, -0.2) is 20.7 Å². The van der Waals surface area contributed by atoms with Crippen LogP contribution < -0.4 is 0 Å². The van der Waals surface area contributed by atoms with Crippen LogP contribution in [0.1, 0.15) is 59.3 Å². The Hall–Kier alpha value is -0.413. The Morgan fingerprint density at radius 1 is 1.21 bits per heavy atom. The first-order chi connectivity index (χ1) is 8.72. The summed E-state index contributed by atoms with van der Waals surface area (Å²) in [6.07, 6.45) is 8.12. The van der Waals surface area contributed by atoms with Gasteiger partial charge in [-0.25, -0.2) is 0 Å².